The van der Waals surface area contributed by atoms with Crippen molar-refractivity contribution < 1.29 is 4.79 Å². The van der Waals surface area contributed by atoms with Crippen LogP contribution in [0, 0.1) is 15.4 Å². The first-order valence-electron chi connectivity index (χ1n) is 7.80. The van der Waals surface area contributed by atoms with E-state index >= 15 is 0 Å². The van der Waals surface area contributed by atoms with E-state index in [0.29, 0.717) is 0 Å². The van der Waals surface area contributed by atoms with Crippen LogP contribution in [0.2, 0.25) is 0 Å². The highest BCUT2D eigenvalue weighted by Crippen LogP contribution is 2.20. The summed E-state index contributed by atoms with van der Waals surface area (Å²) < 4.78 is 1.15. The first-order valence-corrected chi connectivity index (χ1v) is 8.88. The summed E-state index contributed by atoms with van der Waals surface area (Å²) in [5.41, 5.74) is 0.746. The van der Waals surface area contributed by atoms with Crippen LogP contribution in [0.3, 0.4) is 0 Å². The molecule has 0 spiro atoms. The Bertz CT molecular complexity index is 450. The molecule has 116 valence electrons. The molecule has 1 amide bonds. The lowest BCUT2D eigenvalue weighted by molar-refractivity contribution is 0.0947. The van der Waals surface area contributed by atoms with Crippen LogP contribution in [0.25, 0.3) is 0 Å². The van der Waals surface area contributed by atoms with Gasteiger partial charge in [-0.3, -0.25) is 4.79 Å². The van der Waals surface area contributed by atoms with Crippen molar-refractivity contribution in [3.8, 4) is 0 Å². The van der Waals surface area contributed by atoms with Crippen LogP contribution in [0.4, 0.5) is 0 Å². The topological polar surface area (TPSA) is 32.3 Å². The quantitative estimate of drug-likeness (QED) is 0.607. The number of amides is 1. The van der Waals surface area contributed by atoms with Gasteiger partial charge in [0.1, 0.15) is 0 Å². The predicted molar refractivity (Wildman–Crippen MR) is 95.5 cm³/mol. The molecule has 1 saturated heterocycles. The van der Waals surface area contributed by atoms with Crippen molar-refractivity contribution in [3.05, 3.63) is 33.4 Å². The maximum atomic E-state index is 12.0. The van der Waals surface area contributed by atoms with Crippen LogP contribution in [0.1, 0.15) is 37.0 Å². The van der Waals surface area contributed by atoms with Crippen LogP contribution < -0.4 is 5.32 Å². The number of nitrogens with zero attached hydrogens (tertiary/aromatic N) is 1. The van der Waals surface area contributed by atoms with Gasteiger partial charge in [0.2, 0.25) is 0 Å². The molecule has 1 heterocycles. The maximum absolute atomic E-state index is 12.0. The number of nitrogens with one attached hydrogen (secondary N) is 1. The van der Waals surface area contributed by atoms with Gasteiger partial charge in [-0.15, -0.1) is 0 Å². The average molecular weight is 400 g/mol. The number of halogens is 1. The molecule has 1 aromatic carbocycles. The van der Waals surface area contributed by atoms with Gasteiger partial charge >= 0.3 is 0 Å². The molecule has 0 saturated carbocycles. The summed E-state index contributed by atoms with van der Waals surface area (Å²) in [5, 5.41) is 3.01. The van der Waals surface area contributed by atoms with Crippen molar-refractivity contribution in [3.63, 3.8) is 0 Å². The first-order chi connectivity index (χ1) is 10.0. The molecule has 2 atom stereocenters. The third-order valence-corrected chi connectivity index (χ3v) is 4.71. The third kappa shape index (κ3) is 5.58. The second-order valence-electron chi connectivity index (χ2n) is 6.32. The molecule has 1 N–H and O–H groups in total. The Morgan fingerprint density at radius 2 is 1.86 bits per heavy atom. The van der Waals surface area contributed by atoms with E-state index in [-0.39, 0.29) is 5.91 Å². The Morgan fingerprint density at radius 1 is 1.24 bits per heavy atom. The number of carbonyl (C=O) groups excluding carboxylic acids is 1. The molecule has 0 unspecified atom stereocenters. The fourth-order valence-corrected chi connectivity index (χ4v) is 3.54. The van der Waals surface area contributed by atoms with Gasteiger partial charge in [0.05, 0.1) is 0 Å². The van der Waals surface area contributed by atoms with Crippen LogP contribution in [-0.4, -0.2) is 37.0 Å². The maximum Gasteiger partial charge on any atom is 0.251 e. The van der Waals surface area contributed by atoms with E-state index in [9.17, 15) is 4.79 Å². The number of hydrogen-bond acceptors (Lipinski definition) is 2. The Morgan fingerprint density at radius 3 is 2.48 bits per heavy atom. The molecule has 1 aliphatic heterocycles. The van der Waals surface area contributed by atoms with Gasteiger partial charge in [0.15, 0.2) is 0 Å². The van der Waals surface area contributed by atoms with Crippen LogP contribution >= 0.6 is 22.6 Å². The Kier molecular flexibility index (Phi) is 6.48. The summed E-state index contributed by atoms with van der Waals surface area (Å²) in [4.78, 5) is 14.5. The normalized spacial score (nSPS) is 23.0. The number of carbonyl (C=O) groups is 1. The highest BCUT2D eigenvalue weighted by atomic mass is 127. The lowest BCUT2D eigenvalue weighted by Crippen LogP contribution is -2.40. The number of hydrogen-bond donors (Lipinski definition) is 1. The molecule has 4 heteroatoms. The second kappa shape index (κ2) is 8.13. The zero-order chi connectivity index (χ0) is 15.2. The van der Waals surface area contributed by atoms with Gasteiger partial charge in [0.25, 0.3) is 5.91 Å². The average Bonchev–Trinajstić information content (AvgIpc) is 2.43. The number of rotatable bonds is 5. The minimum absolute atomic E-state index is 0.0341. The molecule has 21 heavy (non-hydrogen) atoms. The predicted octanol–water partition coefficient (Wildman–Crippen LogP) is 3.39. The van der Waals surface area contributed by atoms with Gasteiger partial charge in [-0.05, 0) is 78.1 Å². The monoisotopic (exact) mass is 400 g/mol. The Labute approximate surface area is 141 Å². The molecule has 1 aliphatic rings. The molecule has 0 radical (unpaired) electrons. The van der Waals surface area contributed by atoms with Crippen molar-refractivity contribution in [2.45, 2.75) is 26.7 Å². The van der Waals surface area contributed by atoms with E-state index in [1.807, 2.05) is 24.3 Å². The van der Waals surface area contributed by atoms with E-state index in [2.05, 4.69) is 46.7 Å². The van der Waals surface area contributed by atoms with Gasteiger partial charge in [-0.2, -0.15) is 0 Å². The lowest BCUT2D eigenvalue weighted by atomic mass is 9.92. The summed E-state index contributed by atoms with van der Waals surface area (Å²) in [6.45, 7) is 8.92. The highest BCUT2D eigenvalue weighted by molar-refractivity contribution is 14.1. The molecule has 1 fully saturated rings. The first kappa shape index (κ1) is 16.7. The standard InChI is InChI=1S/C17H25IN2O/c1-13-10-14(2)12-20(11-13)9-3-8-19-17(21)15-4-6-16(18)7-5-15/h4-7,13-14H,3,8-12H2,1-2H3,(H,19,21)/t13-,14-/m1/s1. The van der Waals surface area contributed by atoms with Crippen molar-refractivity contribution in [1.29, 1.82) is 0 Å². The third-order valence-electron chi connectivity index (χ3n) is 3.99. The molecule has 1 aromatic rings. The minimum atomic E-state index is 0.0341. The largest absolute Gasteiger partial charge is 0.352 e. The van der Waals surface area contributed by atoms with E-state index < -0.39 is 0 Å². The molecule has 2 rings (SSSR count). The summed E-state index contributed by atoms with van der Waals surface area (Å²) >= 11 is 2.25. The van der Waals surface area contributed by atoms with Crippen molar-refractivity contribution >= 4 is 28.5 Å². The van der Waals surface area contributed by atoms with E-state index in [1.54, 1.807) is 0 Å². The van der Waals surface area contributed by atoms with Crippen LogP contribution in [-0.2, 0) is 0 Å². The zero-order valence-electron chi connectivity index (χ0n) is 12.9. The van der Waals surface area contributed by atoms with Gasteiger partial charge < -0.3 is 10.2 Å². The number of likely N-dealkylation sites (tertiary alicyclic amines) is 1. The smallest absolute Gasteiger partial charge is 0.251 e. The Hall–Kier alpha value is -0.620. The van der Waals surface area contributed by atoms with E-state index in [1.165, 1.54) is 19.5 Å². The fourth-order valence-electron chi connectivity index (χ4n) is 3.18. The molecule has 0 aliphatic carbocycles. The molecular formula is C17H25IN2O. The summed E-state index contributed by atoms with van der Waals surface area (Å²) in [5.74, 6) is 1.64. The van der Waals surface area contributed by atoms with Crippen molar-refractivity contribution in [2.75, 3.05) is 26.2 Å². The summed E-state index contributed by atoms with van der Waals surface area (Å²) in [7, 11) is 0. The summed E-state index contributed by atoms with van der Waals surface area (Å²) in [6.07, 6.45) is 2.37. The van der Waals surface area contributed by atoms with Gasteiger partial charge in [0, 0.05) is 28.8 Å². The lowest BCUT2D eigenvalue weighted by Gasteiger charge is -2.34. The molecule has 3 nitrogen and oxygen atoms in total. The van der Waals surface area contributed by atoms with Crippen LogP contribution in [0.5, 0.6) is 0 Å². The van der Waals surface area contributed by atoms with Gasteiger partial charge in [-0.25, -0.2) is 0 Å². The van der Waals surface area contributed by atoms with Crippen molar-refractivity contribution in [1.82, 2.24) is 10.2 Å². The minimum Gasteiger partial charge on any atom is -0.352 e. The molecule has 0 aromatic heterocycles. The van der Waals surface area contributed by atoms with Gasteiger partial charge in [-0.1, -0.05) is 13.8 Å². The number of benzene rings is 1. The highest BCUT2D eigenvalue weighted by Gasteiger charge is 2.20. The molecule has 0 bridgehead atoms. The Balaban J connectivity index is 1.67. The SMILES string of the molecule is C[C@@H]1C[C@@H](C)CN(CCCNC(=O)c2ccc(I)cc2)C1. The van der Waals surface area contributed by atoms with E-state index in [4.69, 9.17) is 0 Å². The van der Waals surface area contributed by atoms with Crippen molar-refractivity contribution in [2.24, 2.45) is 11.8 Å². The summed E-state index contributed by atoms with van der Waals surface area (Å²) in [6, 6.07) is 7.69. The zero-order valence-corrected chi connectivity index (χ0v) is 15.1. The molecular weight excluding hydrogens is 375 g/mol. The fraction of sp³-hybridized carbons (Fsp3) is 0.588. The number of piperidine rings is 1. The van der Waals surface area contributed by atoms with E-state index in [0.717, 1.165) is 40.5 Å². The van der Waals surface area contributed by atoms with Crippen LogP contribution in [0.15, 0.2) is 24.3 Å². The second-order valence-corrected chi connectivity index (χ2v) is 7.57.